The molecule has 1 fully saturated rings. The lowest BCUT2D eigenvalue weighted by molar-refractivity contribution is -0.125. The molecule has 1 amide bonds. The van der Waals surface area contributed by atoms with E-state index in [-0.39, 0.29) is 11.8 Å². The topological polar surface area (TPSA) is 84.1 Å². The summed E-state index contributed by atoms with van der Waals surface area (Å²) in [5, 5.41) is 13.0. The van der Waals surface area contributed by atoms with Crippen LogP contribution in [0.5, 0.6) is 0 Å². The summed E-state index contributed by atoms with van der Waals surface area (Å²) in [5.74, 6) is -0.917. The molecule has 3 aromatic carbocycles. The number of amides is 1. The van der Waals surface area contributed by atoms with Crippen LogP contribution in [0.1, 0.15) is 29.5 Å². The molecule has 0 aliphatic carbocycles. The van der Waals surface area contributed by atoms with Crippen molar-refractivity contribution in [1.29, 1.82) is 0 Å². The first-order valence-electron chi connectivity index (χ1n) is 12.1. The van der Waals surface area contributed by atoms with Gasteiger partial charge in [-0.2, -0.15) is 18.9 Å². The van der Waals surface area contributed by atoms with Gasteiger partial charge in [-0.1, -0.05) is 60.7 Å². The molecule has 0 spiro atoms. The van der Waals surface area contributed by atoms with Gasteiger partial charge in [0.25, 0.3) is 11.8 Å². The molecule has 1 aromatic heterocycles. The Labute approximate surface area is 218 Å². The molecule has 10 heteroatoms. The van der Waals surface area contributed by atoms with Gasteiger partial charge in [-0.15, -0.1) is 10.2 Å². The monoisotopic (exact) mass is 517 g/mol. The van der Waals surface area contributed by atoms with Crippen molar-refractivity contribution in [2.45, 2.75) is 12.5 Å². The lowest BCUT2D eigenvalue weighted by atomic mass is 10.0. The number of nitrogens with zero attached hydrogens (tertiary/aromatic N) is 5. The Morgan fingerprint density at radius 1 is 0.921 bits per heavy atom. The molecular weight excluding hydrogens is 492 g/mol. The van der Waals surface area contributed by atoms with E-state index in [9.17, 15) is 13.6 Å². The van der Waals surface area contributed by atoms with Gasteiger partial charge in [-0.3, -0.25) is 9.69 Å². The maximum atomic E-state index is 14.1. The van der Waals surface area contributed by atoms with Crippen molar-refractivity contribution in [3.05, 3.63) is 102 Å². The minimum Gasteiger partial charge on any atom is -0.415 e. The molecule has 1 atom stereocenters. The molecule has 1 saturated heterocycles. The number of ether oxygens (including phenoxy) is 1. The largest absolute Gasteiger partial charge is 0.415 e. The molecule has 5 rings (SSSR count). The Morgan fingerprint density at radius 2 is 1.58 bits per heavy atom. The summed E-state index contributed by atoms with van der Waals surface area (Å²) in [5.41, 5.74) is 2.69. The highest BCUT2D eigenvalue weighted by Crippen LogP contribution is 2.28. The summed E-state index contributed by atoms with van der Waals surface area (Å²) < 4.78 is 36.1. The third kappa shape index (κ3) is 5.82. The molecular formula is C28H25F2N5O3. The molecule has 2 heterocycles. The molecule has 4 aromatic rings. The van der Waals surface area contributed by atoms with Gasteiger partial charge in [0.05, 0.1) is 25.1 Å². The number of hydrazone groups is 1. The number of hydrogen-bond donors (Lipinski definition) is 0. The first-order valence-corrected chi connectivity index (χ1v) is 12.1. The quantitative estimate of drug-likeness (QED) is 0.238. The Kier molecular flexibility index (Phi) is 7.91. The van der Waals surface area contributed by atoms with Crippen LogP contribution >= 0.6 is 0 Å². The van der Waals surface area contributed by atoms with Crippen molar-refractivity contribution in [3.63, 3.8) is 0 Å². The average Bonchev–Trinajstić information content (AvgIpc) is 3.47. The highest BCUT2D eigenvalue weighted by atomic mass is 19.3. The van der Waals surface area contributed by atoms with E-state index in [4.69, 9.17) is 9.15 Å². The van der Waals surface area contributed by atoms with Crippen molar-refractivity contribution in [1.82, 2.24) is 15.1 Å². The van der Waals surface area contributed by atoms with Gasteiger partial charge in [0.15, 0.2) is 0 Å². The fraction of sp³-hybridized carbons (Fsp3) is 0.214. The van der Waals surface area contributed by atoms with Crippen LogP contribution in [0.4, 0.5) is 14.5 Å². The number of alkyl halides is 2. The molecule has 1 aliphatic heterocycles. The van der Waals surface area contributed by atoms with Crippen molar-refractivity contribution in [3.8, 4) is 11.5 Å². The fourth-order valence-corrected chi connectivity index (χ4v) is 4.19. The Morgan fingerprint density at radius 3 is 2.21 bits per heavy atom. The molecule has 194 valence electrons. The smallest absolute Gasteiger partial charge is 0.314 e. The van der Waals surface area contributed by atoms with E-state index in [1.807, 2.05) is 60.7 Å². The molecule has 38 heavy (non-hydrogen) atoms. The molecule has 0 saturated carbocycles. The number of rotatable bonds is 8. The van der Waals surface area contributed by atoms with Gasteiger partial charge in [0.1, 0.15) is 6.04 Å². The Bertz CT molecular complexity index is 1360. The summed E-state index contributed by atoms with van der Waals surface area (Å²) in [4.78, 5) is 16.2. The van der Waals surface area contributed by atoms with Gasteiger partial charge in [-0.05, 0) is 35.4 Å². The van der Waals surface area contributed by atoms with Gasteiger partial charge in [0.2, 0.25) is 5.89 Å². The maximum absolute atomic E-state index is 14.1. The summed E-state index contributed by atoms with van der Waals surface area (Å²) in [6.07, 6.45) is -1.25. The SMILES string of the molecule is O=C([C@@H](c1ccccc1)N1CCOCC1)N(/N=C/c1ccc(-c2nnc(C(F)F)o2)cc1)c1ccccc1. The maximum Gasteiger partial charge on any atom is 0.314 e. The zero-order chi connectivity index (χ0) is 26.3. The molecule has 0 radical (unpaired) electrons. The van der Waals surface area contributed by atoms with Crippen LogP contribution in [0, 0.1) is 0 Å². The van der Waals surface area contributed by atoms with Gasteiger partial charge in [0, 0.05) is 18.7 Å². The van der Waals surface area contributed by atoms with Crippen LogP contribution in [-0.4, -0.2) is 53.5 Å². The summed E-state index contributed by atoms with van der Waals surface area (Å²) in [7, 11) is 0. The van der Waals surface area contributed by atoms with Crippen LogP contribution in [-0.2, 0) is 9.53 Å². The van der Waals surface area contributed by atoms with Crippen molar-refractivity contribution in [2.75, 3.05) is 31.3 Å². The normalized spacial score (nSPS) is 15.1. The highest BCUT2D eigenvalue weighted by molar-refractivity contribution is 5.99. The third-order valence-electron chi connectivity index (χ3n) is 6.08. The Balaban J connectivity index is 1.43. The number of hydrogen-bond acceptors (Lipinski definition) is 7. The van der Waals surface area contributed by atoms with E-state index in [1.165, 1.54) is 5.01 Å². The minimum absolute atomic E-state index is 0.00101. The van der Waals surface area contributed by atoms with E-state index in [2.05, 4.69) is 20.2 Å². The number of carbonyl (C=O) groups is 1. The van der Waals surface area contributed by atoms with Gasteiger partial charge in [-0.25, -0.2) is 0 Å². The molecule has 8 nitrogen and oxygen atoms in total. The second kappa shape index (κ2) is 11.8. The molecule has 1 aliphatic rings. The van der Waals surface area contributed by atoms with E-state index >= 15 is 0 Å². The number of halogens is 2. The van der Waals surface area contributed by atoms with Gasteiger partial charge < -0.3 is 9.15 Å². The second-order valence-electron chi connectivity index (χ2n) is 8.56. The average molecular weight is 518 g/mol. The number of morpholine rings is 1. The summed E-state index contributed by atoms with van der Waals surface area (Å²) in [6.45, 7) is 2.36. The predicted octanol–water partition coefficient (Wildman–Crippen LogP) is 5.11. The fourth-order valence-electron chi connectivity index (χ4n) is 4.19. The first kappa shape index (κ1) is 25.4. The minimum atomic E-state index is -2.83. The van der Waals surface area contributed by atoms with Gasteiger partial charge >= 0.3 is 6.43 Å². The van der Waals surface area contributed by atoms with Crippen molar-refractivity contribution in [2.24, 2.45) is 5.10 Å². The van der Waals surface area contributed by atoms with E-state index in [0.29, 0.717) is 43.1 Å². The number of carbonyl (C=O) groups excluding carboxylic acids is 1. The van der Waals surface area contributed by atoms with Crippen LogP contribution in [0.2, 0.25) is 0 Å². The number of para-hydroxylation sites is 1. The zero-order valence-corrected chi connectivity index (χ0v) is 20.4. The third-order valence-corrected chi connectivity index (χ3v) is 6.08. The molecule has 0 unspecified atom stereocenters. The standard InChI is InChI=1S/C28H25F2N5O3/c29-25(30)27-33-32-26(38-27)22-13-11-20(12-14-22)19-31-35(23-9-5-2-6-10-23)28(36)24(21-7-3-1-4-8-21)34-15-17-37-18-16-34/h1-14,19,24-25H,15-18H2/b31-19+/t24-/m1/s1. The lowest BCUT2D eigenvalue weighted by Crippen LogP contribution is -2.46. The molecule has 0 N–H and O–H groups in total. The van der Waals surface area contributed by atoms with E-state index in [1.54, 1.807) is 30.5 Å². The number of aromatic nitrogens is 2. The summed E-state index contributed by atoms with van der Waals surface area (Å²) in [6, 6.07) is 25.1. The molecule has 0 bridgehead atoms. The van der Waals surface area contributed by atoms with Crippen LogP contribution in [0.3, 0.4) is 0 Å². The predicted molar refractivity (Wildman–Crippen MR) is 138 cm³/mol. The highest BCUT2D eigenvalue weighted by Gasteiger charge is 2.33. The first-order chi connectivity index (χ1) is 18.6. The lowest BCUT2D eigenvalue weighted by Gasteiger charge is -2.35. The van der Waals surface area contributed by atoms with E-state index in [0.717, 1.165) is 5.56 Å². The van der Waals surface area contributed by atoms with Crippen LogP contribution in [0.15, 0.2) is 94.4 Å². The Hall–Kier alpha value is -4.28. The zero-order valence-electron chi connectivity index (χ0n) is 20.4. The second-order valence-corrected chi connectivity index (χ2v) is 8.56. The van der Waals surface area contributed by atoms with E-state index < -0.39 is 18.4 Å². The van der Waals surface area contributed by atoms with Crippen molar-refractivity contribution >= 4 is 17.8 Å². The number of anilines is 1. The van der Waals surface area contributed by atoms with Crippen LogP contribution in [0.25, 0.3) is 11.5 Å². The van der Waals surface area contributed by atoms with Crippen molar-refractivity contribution < 1.29 is 22.7 Å². The van der Waals surface area contributed by atoms with Crippen LogP contribution < -0.4 is 5.01 Å². The number of benzene rings is 3. The summed E-state index contributed by atoms with van der Waals surface area (Å²) >= 11 is 0.